The van der Waals surface area contributed by atoms with E-state index in [1.807, 2.05) is 23.3 Å². The second kappa shape index (κ2) is 14.9. The molecule has 0 bridgehead atoms. The van der Waals surface area contributed by atoms with E-state index in [4.69, 9.17) is 0 Å². The van der Waals surface area contributed by atoms with Crippen LogP contribution in [0.25, 0.3) is 0 Å². The summed E-state index contributed by atoms with van der Waals surface area (Å²) in [6.07, 6.45) is 6.67. The number of thiazole rings is 1. The zero-order valence-electron chi connectivity index (χ0n) is 12.9. The fraction of sp³-hybridized carbons (Fsp3) is 0.714. The van der Waals surface area contributed by atoms with Crippen molar-refractivity contribution in [3.05, 3.63) is 11.6 Å². The maximum absolute atomic E-state index is 4.59. The molecule has 4 nitrogen and oxygen atoms in total. The van der Waals surface area contributed by atoms with Crippen molar-refractivity contribution in [3.63, 3.8) is 0 Å². The van der Waals surface area contributed by atoms with Crippen LogP contribution in [-0.2, 0) is 0 Å². The van der Waals surface area contributed by atoms with E-state index >= 15 is 0 Å². The molecular weight excluding hydrogens is 415 g/mol. The van der Waals surface area contributed by atoms with Crippen LogP contribution in [0.2, 0.25) is 0 Å². The number of rotatable bonds is 10. The van der Waals surface area contributed by atoms with Crippen LogP contribution in [0.15, 0.2) is 20.9 Å². The van der Waals surface area contributed by atoms with Crippen molar-refractivity contribution in [2.24, 2.45) is 4.99 Å². The number of nitrogens with zero attached hydrogens (tertiary/aromatic N) is 2. The smallest absolute Gasteiger partial charge is 0.191 e. The van der Waals surface area contributed by atoms with Crippen LogP contribution >= 0.6 is 47.1 Å². The van der Waals surface area contributed by atoms with Crippen molar-refractivity contribution in [1.82, 2.24) is 15.6 Å². The molecule has 0 fully saturated rings. The van der Waals surface area contributed by atoms with E-state index in [1.165, 1.54) is 19.3 Å². The maximum atomic E-state index is 4.59. The van der Waals surface area contributed by atoms with Gasteiger partial charge in [0.15, 0.2) is 5.96 Å². The summed E-state index contributed by atoms with van der Waals surface area (Å²) in [4.78, 5) is 8.85. The fourth-order valence-corrected chi connectivity index (χ4v) is 3.25. The van der Waals surface area contributed by atoms with Gasteiger partial charge >= 0.3 is 0 Å². The maximum Gasteiger partial charge on any atom is 0.191 e. The number of hydrogen-bond acceptors (Lipinski definition) is 4. The highest BCUT2D eigenvalue weighted by atomic mass is 127. The minimum absolute atomic E-state index is 0. The van der Waals surface area contributed by atoms with Crippen molar-refractivity contribution in [2.75, 3.05) is 25.4 Å². The van der Waals surface area contributed by atoms with Gasteiger partial charge in [0.05, 0.1) is 0 Å². The molecular formula is C14H27IN4S2. The molecule has 21 heavy (non-hydrogen) atoms. The van der Waals surface area contributed by atoms with Crippen LogP contribution < -0.4 is 10.6 Å². The summed E-state index contributed by atoms with van der Waals surface area (Å²) < 4.78 is 1.15. The summed E-state index contributed by atoms with van der Waals surface area (Å²) in [6, 6.07) is 0. The van der Waals surface area contributed by atoms with Gasteiger partial charge in [-0.25, -0.2) is 4.98 Å². The Morgan fingerprint density at radius 3 is 2.81 bits per heavy atom. The molecule has 0 unspecified atom stereocenters. The molecule has 0 radical (unpaired) electrons. The zero-order chi connectivity index (χ0) is 14.5. The molecule has 0 atom stereocenters. The number of guanidine groups is 1. The van der Waals surface area contributed by atoms with Crippen molar-refractivity contribution < 1.29 is 0 Å². The fourth-order valence-electron chi connectivity index (χ4n) is 1.62. The number of aliphatic imine (C=N–C) groups is 1. The van der Waals surface area contributed by atoms with Crippen LogP contribution in [0.3, 0.4) is 0 Å². The lowest BCUT2D eigenvalue weighted by atomic mass is 10.2. The molecule has 1 rings (SSSR count). The summed E-state index contributed by atoms with van der Waals surface area (Å²) in [6.45, 7) is 7.10. The van der Waals surface area contributed by atoms with Gasteiger partial charge in [-0.3, -0.25) is 4.99 Å². The lowest BCUT2D eigenvalue weighted by Crippen LogP contribution is -2.37. The van der Waals surface area contributed by atoms with E-state index in [1.54, 1.807) is 11.3 Å². The Balaban J connectivity index is 0.00000400. The Morgan fingerprint density at radius 1 is 1.29 bits per heavy atom. The highest BCUT2D eigenvalue weighted by Crippen LogP contribution is 2.20. The Labute approximate surface area is 154 Å². The first-order valence-electron chi connectivity index (χ1n) is 7.41. The molecule has 0 saturated heterocycles. The van der Waals surface area contributed by atoms with Crippen LogP contribution in [-0.4, -0.2) is 36.3 Å². The lowest BCUT2D eigenvalue weighted by Gasteiger charge is -2.10. The molecule has 0 aliphatic heterocycles. The summed E-state index contributed by atoms with van der Waals surface area (Å²) in [5.41, 5.74) is 0. The minimum atomic E-state index is 0. The van der Waals surface area contributed by atoms with Crippen LogP contribution in [0.1, 0.15) is 39.5 Å². The predicted octanol–water partition coefficient (Wildman–Crippen LogP) is 3.99. The van der Waals surface area contributed by atoms with Crippen molar-refractivity contribution in [2.45, 2.75) is 43.9 Å². The van der Waals surface area contributed by atoms with Gasteiger partial charge < -0.3 is 10.6 Å². The van der Waals surface area contributed by atoms with E-state index < -0.39 is 0 Å². The summed E-state index contributed by atoms with van der Waals surface area (Å²) in [5, 5.41) is 8.69. The zero-order valence-corrected chi connectivity index (χ0v) is 16.9. The first kappa shape index (κ1) is 21.0. The topological polar surface area (TPSA) is 49.3 Å². The summed E-state index contributed by atoms with van der Waals surface area (Å²) >= 11 is 3.52. The molecule has 122 valence electrons. The average Bonchev–Trinajstić information content (AvgIpc) is 2.96. The molecule has 0 spiro atoms. The van der Waals surface area contributed by atoms with Crippen LogP contribution in [0.4, 0.5) is 0 Å². The molecule has 0 aliphatic rings. The van der Waals surface area contributed by atoms with E-state index in [0.717, 1.165) is 42.1 Å². The predicted molar refractivity (Wildman–Crippen MR) is 106 cm³/mol. The van der Waals surface area contributed by atoms with E-state index in [0.29, 0.717) is 0 Å². The van der Waals surface area contributed by atoms with Gasteiger partial charge in [0.2, 0.25) is 0 Å². The normalized spacial score (nSPS) is 11.0. The number of halogens is 1. The number of nitrogens with one attached hydrogen (secondary N) is 2. The highest BCUT2D eigenvalue weighted by Gasteiger charge is 1.98. The standard InChI is InChI=1S/C14H26N4S2.HI/c1-3-5-6-8-16-13(15-4-2)17-9-7-11-19-14-18-10-12-20-14;/h10,12H,3-9,11H2,1-2H3,(H2,15,16,17);1H. The molecule has 0 aliphatic carbocycles. The number of unbranched alkanes of at least 4 members (excludes halogenated alkanes) is 2. The average molecular weight is 442 g/mol. The van der Waals surface area contributed by atoms with Crippen molar-refractivity contribution in [3.8, 4) is 0 Å². The molecule has 2 N–H and O–H groups in total. The molecule has 1 aromatic heterocycles. The molecule has 0 amide bonds. The van der Waals surface area contributed by atoms with Gasteiger partial charge in [-0.15, -0.1) is 35.3 Å². The highest BCUT2D eigenvalue weighted by molar-refractivity contribution is 14.0. The molecule has 1 heterocycles. The first-order valence-corrected chi connectivity index (χ1v) is 9.27. The van der Waals surface area contributed by atoms with E-state index in [2.05, 4.69) is 34.5 Å². The third kappa shape index (κ3) is 11.2. The van der Waals surface area contributed by atoms with Crippen LogP contribution in [0.5, 0.6) is 0 Å². The number of hydrogen-bond donors (Lipinski definition) is 2. The van der Waals surface area contributed by atoms with Gasteiger partial charge in [0.1, 0.15) is 4.34 Å². The second-order valence-corrected chi connectivity index (χ2v) is 6.63. The molecule has 0 aromatic carbocycles. The van der Waals surface area contributed by atoms with Gasteiger partial charge in [-0.2, -0.15) is 0 Å². The van der Waals surface area contributed by atoms with Gasteiger partial charge in [-0.05, 0) is 19.8 Å². The third-order valence-corrected chi connectivity index (χ3v) is 4.68. The molecule has 1 aromatic rings. The van der Waals surface area contributed by atoms with Gasteiger partial charge in [0, 0.05) is 37.0 Å². The van der Waals surface area contributed by atoms with Crippen molar-refractivity contribution in [1.29, 1.82) is 0 Å². The lowest BCUT2D eigenvalue weighted by molar-refractivity contribution is 0.683. The monoisotopic (exact) mass is 442 g/mol. The van der Waals surface area contributed by atoms with Gasteiger partial charge in [-0.1, -0.05) is 31.5 Å². The SMILES string of the molecule is CCCCCNC(=NCCCSc1nccs1)NCC.I. The van der Waals surface area contributed by atoms with Crippen molar-refractivity contribution >= 4 is 53.0 Å². The second-order valence-electron chi connectivity index (χ2n) is 4.39. The Morgan fingerprint density at radius 2 is 2.14 bits per heavy atom. The molecule has 0 saturated carbocycles. The number of aromatic nitrogens is 1. The Kier molecular flexibility index (Phi) is 14.9. The van der Waals surface area contributed by atoms with E-state index in [-0.39, 0.29) is 24.0 Å². The number of thioether (sulfide) groups is 1. The first-order chi connectivity index (χ1) is 9.86. The van der Waals surface area contributed by atoms with Gasteiger partial charge in [0.25, 0.3) is 0 Å². The Hall–Kier alpha value is -0.0200. The quantitative estimate of drug-likeness (QED) is 0.189. The third-order valence-electron chi connectivity index (χ3n) is 2.62. The minimum Gasteiger partial charge on any atom is -0.357 e. The van der Waals surface area contributed by atoms with E-state index in [9.17, 15) is 0 Å². The Bertz CT molecular complexity index is 358. The largest absolute Gasteiger partial charge is 0.357 e. The molecule has 7 heteroatoms. The summed E-state index contributed by atoms with van der Waals surface area (Å²) in [7, 11) is 0. The van der Waals surface area contributed by atoms with Crippen LogP contribution in [0, 0.1) is 0 Å². The summed E-state index contributed by atoms with van der Waals surface area (Å²) in [5.74, 6) is 2.02.